The Morgan fingerprint density at radius 2 is 1.67 bits per heavy atom. The monoisotopic (exact) mass is 754 g/mol. The molecule has 0 aromatic heterocycles. The number of ether oxygens (including phenoxy) is 1. The number of hydrogen-bond acceptors (Lipinski definition) is 7. The van der Waals surface area contributed by atoms with Gasteiger partial charge in [0.25, 0.3) is 0 Å². The standard InChI is InChI=1S/C46H51ClN6O2/c1-44(2,3)33-25-30(16-22-37-36(29-50)43(32(27-48)28-49)55-46(37,6)7)42(47)31(26-33)17-23-40-45(4,5)38-13-10-11-14-39(38)53(40)24-12-8-9-15-41(54)52-35-20-18-34(51)19-21-35/h10-11,13-14,16-23,33H,8-9,12,15,24-26,51H2,1-7H3,(H,52,54)/b22-16+,31-17+,40-23+. The Bertz CT molecular complexity index is 2140. The number of nitrogen functional groups attached to an aromatic ring is 1. The minimum absolute atomic E-state index is 0.000981. The Hall–Kier alpha value is -5.49. The minimum Gasteiger partial charge on any atom is -0.480 e. The van der Waals surface area contributed by atoms with Crippen LogP contribution >= 0.6 is 11.6 Å². The maximum Gasteiger partial charge on any atom is 0.224 e. The molecule has 2 heterocycles. The van der Waals surface area contributed by atoms with Crippen LogP contribution in [0.2, 0.25) is 0 Å². The van der Waals surface area contributed by atoms with Crippen molar-refractivity contribution in [1.29, 1.82) is 15.8 Å². The quantitative estimate of drug-likeness (QED) is 0.140. The van der Waals surface area contributed by atoms with E-state index in [0.717, 1.165) is 55.5 Å². The van der Waals surface area contributed by atoms with Gasteiger partial charge in [-0.15, -0.1) is 0 Å². The van der Waals surface area contributed by atoms with Crippen LogP contribution < -0.4 is 16.0 Å². The van der Waals surface area contributed by atoms with Gasteiger partial charge in [0.15, 0.2) is 11.3 Å². The number of halogens is 1. The molecule has 9 heteroatoms. The Labute approximate surface area is 331 Å². The lowest BCUT2D eigenvalue weighted by molar-refractivity contribution is -0.116. The van der Waals surface area contributed by atoms with Crippen molar-refractivity contribution in [3.05, 3.63) is 123 Å². The van der Waals surface area contributed by atoms with Gasteiger partial charge in [-0.3, -0.25) is 4.79 Å². The third kappa shape index (κ3) is 8.91. The summed E-state index contributed by atoms with van der Waals surface area (Å²) in [6.07, 6.45) is 12.9. The van der Waals surface area contributed by atoms with E-state index in [1.807, 2.05) is 50.3 Å². The lowest BCUT2D eigenvalue weighted by atomic mass is 9.70. The second kappa shape index (κ2) is 16.5. The summed E-state index contributed by atoms with van der Waals surface area (Å²) in [7, 11) is 0. The Morgan fingerprint density at radius 1 is 0.982 bits per heavy atom. The van der Waals surface area contributed by atoms with Crippen LogP contribution in [-0.4, -0.2) is 18.1 Å². The number of rotatable bonds is 10. The number of carbonyl (C=O) groups excluding carboxylic acids is 1. The van der Waals surface area contributed by atoms with E-state index in [1.165, 1.54) is 16.9 Å². The van der Waals surface area contributed by atoms with Crippen LogP contribution in [0.5, 0.6) is 0 Å². The number of nitrogens with two attached hydrogens (primary N) is 1. The largest absolute Gasteiger partial charge is 0.480 e. The molecule has 0 fully saturated rings. The van der Waals surface area contributed by atoms with Gasteiger partial charge in [0.05, 0.1) is 0 Å². The molecule has 0 saturated carbocycles. The van der Waals surface area contributed by atoms with E-state index >= 15 is 0 Å². The van der Waals surface area contributed by atoms with Crippen LogP contribution in [-0.2, 0) is 14.9 Å². The molecular formula is C46H51ClN6O2. The van der Waals surface area contributed by atoms with Gasteiger partial charge in [0.1, 0.15) is 29.4 Å². The van der Waals surface area contributed by atoms with Crippen molar-refractivity contribution >= 4 is 34.6 Å². The molecule has 2 aromatic rings. The molecule has 3 aliphatic rings. The average molecular weight is 755 g/mol. The van der Waals surface area contributed by atoms with Crippen molar-refractivity contribution in [2.24, 2.45) is 11.3 Å². The van der Waals surface area contributed by atoms with E-state index < -0.39 is 5.60 Å². The van der Waals surface area contributed by atoms with Gasteiger partial charge in [0.2, 0.25) is 5.91 Å². The number of benzene rings is 2. The molecule has 1 unspecified atom stereocenters. The topological polar surface area (TPSA) is 139 Å². The predicted molar refractivity (Wildman–Crippen MR) is 221 cm³/mol. The maximum absolute atomic E-state index is 12.6. The van der Waals surface area contributed by atoms with Crippen molar-refractivity contribution in [3.63, 3.8) is 0 Å². The Balaban J connectivity index is 1.42. The zero-order valence-corrected chi connectivity index (χ0v) is 33.8. The first-order valence-corrected chi connectivity index (χ1v) is 19.3. The number of anilines is 3. The van der Waals surface area contributed by atoms with E-state index in [9.17, 15) is 20.6 Å². The number of carbonyl (C=O) groups is 1. The summed E-state index contributed by atoms with van der Waals surface area (Å²) in [5.41, 5.74) is 12.3. The molecule has 5 rings (SSSR count). The molecule has 55 heavy (non-hydrogen) atoms. The van der Waals surface area contributed by atoms with Gasteiger partial charge < -0.3 is 20.7 Å². The van der Waals surface area contributed by atoms with Crippen LogP contribution in [0.1, 0.15) is 92.6 Å². The van der Waals surface area contributed by atoms with Gasteiger partial charge in [-0.05, 0) is 104 Å². The van der Waals surface area contributed by atoms with Crippen LogP contribution in [0.4, 0.5) is 17.1 Å². The van der Waals surface area contributed by atoms with Crippen molar-refractivity contribution in [2.45, 2.75) is 98.0 Å². The van der Waals surface area contributed by atoms with Crippen molar-refractivity contribution in [2.75, 3.05) is 22.5 Å². The molecule has 0 spiro atoms. The summed E-state index contributed by atoms with van der Waals surface area (Å²) in [5, 5.41) is 32.7. The second-order valence-electron chi connectivity index (χ2n) is 16.6. The highest BCUT2D eigenvalue weighted by atomic mass is 35.5. The SMILES string of the molecule is CC1(C)OC(=C(C#N)C#N)C(C#N)=C1/C=C/C1=C(Cl)C(=C/C=C2/N(CCCCCC(=O)Nc3ccc(N)cc3)c3ccccc3C2(C)C)/CC(C(C)(C)C)C1. The summed E-state index contributed by atoms with van der Waals surface area (Å²) in [6, 6.07) is 21.6. The zero-order chi connectivity index (χ0) is 40.1. The fourth-order valence-electron chi connectivity index (χ4n) is 7.63. The molecule has 284 valence electrons. The van der Waals surface area contributed by atoms with E-state index in [2.05, 4.69) is 87.3 Å². The summed E-state index contributed by atoms with van der Waals surface area (Å²) >= 11 is 7.27. The normalized spacial score (nSPS) is 20.3. The van der Waals surface area contributed by atoms with Gasteiger partial charge >= 0.3 is 0 Å². The number of nitrogens with one attached hydrogen (secondary N) is 1. The highest BCUT2D eigenvalue weighted by Crippen LogP contribution is 2.49. The number of fused-ring (bicyclic) bond motifs is 1. The number of para-hydroxylation sites is 1. The van der Waals surface area contributed by atoms with Gasteiger partial charge in [-0.25, -0.2) is 0 Å². The maximum atomic E-state index is 12.6. The highest BCUT2D eigenvalue weighted by molar-refractivity contribution is 6.32. The van der Waals surface area contributed by atoms with Crippen LogP contribution in [0, 0.1) is 45.3 Å². The smallest absolute Gasteiger partial charge is 0.224 e. The summed E-state index contributed by atoms with van der Waals surface area (Å²) < 4.78 is 5.99. The highest BCUT2D eigenvalue weighted by Gasteiger charge is 2.41. The first kappa shape index (κ1) is 40.7. The van der Waals surface area contributed by atoms with Crippen molar-refractivity contribution in [3.8, 4) is 18.2 Å². The average Bonchev–Trinajstić information content (AvgIpc) is 3.52. The molecule has 0 bridgehead atoms. The fraction of sp³-hybridized carbons (Fsp3) is 0.391. The first-order valence-electron chi connectivity index (χ1n) is 18.9. The number of nitrogens with zero attached hydrogens (tertiary/aromatic N) is 4. The van der Waals surface area contributed by atoms with Gasteiger partial charge in [-0.2, -0.15) is 15.8 Å². The number of allylic oxidation sites excluding steroid dienone is 9. The third-order valence-electron chi connectivity index (χ3n) is 11.0. The van der Waals surface area contributed by atoms with Gasteiger partial charge in [0, 0.05) is 51.7 Å². The van der Waals surface area contributed by atoms with E-state index in [1.54, 1.807) is 12.1 Å². The van der Waals surface area contributed by atoms with Crippen LogP contribution in [0.25, 0.3) is 0 Å². The molecular weight excluding hydrogens is 704 g/mol. The fourth-order valence-corrected chi connectivity index (χ4v) is 7.91. The molecule has 3 N–H and O–H groups in total. The lowest BCUT2D eigenvalue weighted by Crippen LogP contribution is -2.27. The molecule has 1 atom stereocenters. The molecule has 2 aromatic carbocycles. The summed E-state index contributed by atoms with van der Waals surface area (Å²) in [5.74, 6) is 0.323. The first-order chi connectivity index (χ1) is 26.0. The molecule has 1 amide bonds. The number of unbranched alkanes of at least 4 members (excludes halogenated alkanes) is 2. The predicted octanol–water partition coefficient (Wildman–Crippen LogP) is 10.8. The van der Waals surface area contributed by atoms with Crippen LogP contribution in [0.15, 0.2) is 117 Å². The second-order valence-corrected chi connectivity index (χ2v) is 17.0. The van der Waals surface area contributed by atoms with E-state index in [-0.39, 0.29) is 33.6 Å². The molecule has 1 aliphatic carbocycles. The summed E-state index contributed by atoms with van der Waals surface area (Å²) in [4.78, 5) is 15.0. The zero-order valence-electron chi connectivity index (χ0n) is 33.0. The Kier molecular flexibility index (Phi) is 12.2. The van der Waals surface area contributed by atoms with Crippen molar-refractivity contribution < 1.29 is 9.53 Å². The molecule has 0 radical (unpaired) electrons. The van der Waals surface area contributed by atoms with E-state index in [4.69, 9.17) is 22.1 Å². The lowest BCUT2D eigenvalue weighted by Gasteiger charge is -2.36. The number of hydrogen-bond donors (Lipinski definition) is 2. The van der Waals surface area contributed by atoms with Crippen molar-refractivity contribution in [1.82, 2.24) is 0 Å². The third-order valence-corrected chi connectivity index (χ3v) is 11.4. The van der Waals surface area contributed by atoms with Crippen LogP contribution in [0.3, 0.4) is 0 Å². The molecule has 8 nitrogen and oxygen atoms in total. The Morgan fingerprint density at radius 3 is 2.33 bits per heavy atom. The van der Waals surface area contributed by atoms with E-state index in [0.29, 0.717) is 28.6 Å². The van der Waals surface area contributed by atoms with Gasteiger partial charge in [-0.1, -0.05) is 89.1 Å². The molecule has 2 aliphatic heterocycles. The number of amides is 1. The number of nitriles is 3. The minimum atomic E-state index is -0.916. The molecule has 0 saturated heterocycles. The summed E-state index contributed by atoms with van der Waals surface area (Å²) in [6.45, 7) is 15.7.